The van der Waals surface area contributed by atoms with Crippen LogP contribution in [0.2, 0.25) is 0 Å². The van der Waals surface area contributed by atoms with Crippen molar-refractivity contribution in [2.24, 2.45) is 11.8 Å². The lowest BCUT2D eigenvalue weighted by molar-refractivity contribution is -0.142. The number of nitrogens with zero attached hydrogens (tertiary/aromatic N) is 2. The number of hydrogen-bond acceptors (Lipinski definition) is 3. The minimum atomic E-state index is -0.778. The van der Waals surface area contributed by atoms with Crippen LogP contribution in [0.15, 0.2) is 0 Å². The maximum absolute atomic E-state index is 12.5. The molecule has 3 aliphatic heterocycles. The monoisotopic (exact) mass is 268 g/mol. The van der Waals surface area contributed by atoms with Gasteiger partial charge in [-0.1, -0.05) is 0 Å². The first-order valence-electron chi connectivity index (χ1n) is 7.02. The number of aliphatic hydroxyl groups excluding tert-OH is 1. The molecular weight excluding hydrogens is 248 g/mol. The fraction of sp³-hybridized carbons (Fsp3) is 0.846. The van der Waals surface area contributed by atoms with Gasteiger partial charge in [-0.15, -0.1) is 0 Å². The molecule has 2 N–H and O–H groups in total. The highest BCUT2D eigenvalue weighted by Gasteiger charge is 2.52. The number of carboxylic acids is 1. The molecule has 0 radical (unpaired) electrons. The molecular formula is C13H20N2O4. The third-order valence-corrected chi connectivity index (χ3v) is 4.89. The standard InChI is InChI=1S/C13H20N2O4/c16-7-8-3-4-14(6-8)13(19)15-9-1-2-11(15)10(5-9)12(17)18/h8-11,16H,1-7H2,(H,17,18). The summed E-state index contributed by atoms with van der Waals surface area (Å²) in [5.74, 6) is -0.988. The molecule has 6 heteroatoms. The fourth-order valence-corrected chi connectivity index (χ4v) is 3.87. The second-order valence-corrected chi connectivity index (χ2v) is 5.95. The van der Waals surface area contributed by atoms with Crippen LogP contribution in [0.5, 0.6) is 0 Å². The molecule has 106 valence electrons. The maximum atomic E-state index is 12.5. The van der Waals surface area contributed by atoms with Crippen molar-refractivity contribution < 1.29 is 19.8 Å². The Balaban J connectivity index is 1.70. The van der Waals surface area contributed by atoms with Crippen LogP contribution in [0.25, 0.3) is 0 Å². The number of aliphatic carboxylic acids is 1. The summed E-state index contributed by atoms with van der Waals surface area (Å²) in [6.45, 7) is 1.40. The number of rotatable bonds is 2. The molecule has 0 aromatic heterocycles. The second kappa shape index (κ2) is 4.67. The van der Waals surface area contributed by atoms with E-state index in [0.717, 1.165) is 19.3 Å². The van der Waals surface area contributed by atoms with Gasteiger partial charge in [0.05, 0.1) is 5.92 Å². The summed E-state index contributed by atoms with van der Waals surface area (Å²) in [5.41, 5.74) is 0. The Bertz CT molecular complexity index is 400. The Morgan fingerprint density at radius 2 is 2.00 bits per heavy atom. The van der Waals surface area contributed by atoms with E-state index in [2.05, 4.69) is 0 Å². The lowest BCUT2D eigenvalue weighted by Crippen LogP contribution is -2.45. The number of aliphatic hydroxyl groups is 1. The van der Waals surface area contributed by atoms with Gasteiger partial charge in [0.2, 0.25) is 0 Å². The minimum absolute atomic E-state index is 0.0211. The van der Waals surface area contributed by atoms with Crippen molar-refractivity contribution in [1.82, 2.24) is 9.80 Å². The first-order chi connectivity index (χ1) is 9.11. The largest absolute Gasteiger partial charge is 0.481 e. The molecule has 3 rings (SSSR count). The molecule has 0 saturated carbocycles. The van der Waals surface area contributed by atoms with E-state index in [-0.39, 0.29) is 36.6 Å². The number of amides is 2. The summed E-state index contributed by atoms with van der Waals surface area (Å²) < 4.78 is 0. The molecule has 0 aliphatic carbocycles. The maximum Gasteiger partial charge on any atom is 0.320 e. The number of urea groups is 1. The quantitative estimate of drug-likeness (QED) is 0.757. The zero-order valence-electron chi connectivity index (χ0n) is 10.9. The lowest BCUT2D eigenvalue weighted by atomic mass is 9.89. The van der Waals surface area contributed by atoms with Crippen LogP contribution in [0, 0.1) is 11.8 Å². The van der Waals surface area contributed by atoms with Crippen LogP contribution in [0.1, 0.15) is 25.7 Å². The SMILES string of the molecule is O=C(O)C1CC2CCC1N2C(=O)N1CCC(CO)C1. The van der Waals surface area contributed by atoms with E-state index in [9.17, 15) is 14.7 Å². The van der Waals surface area contributed by atoms with Crippen molar-refractivity contribution in [2.75, 3.05) is 19.7 Å². The number of carbonyl (C=O) groups excluding carboxylic acids is 1. The van der Waals surface area contributed by atoms with E-state index in [1.54, 1.807) is 9.80 Å². The molecule has 0 aromatic rings. The van der Waals surface area contributed by atoms with Crippen LogP contribution in [0.3, 0.4) is 0 Å². The van der Waals surface area contributed by atoms with E-state index >= 15 is 0 Å². The Hall–Kier alpha value is -1.30. The van der Waals surface area contributed by atoms with E-state index in [1.807, 2.05) is 0 Å². The number of fused-ring (bicyclic) bond motifs is 2. The summed E-state index contributed by atoms with van der Waals surface area (Å²) >= 11 is 0. The van der Waals surface area contributed by atoms with Gasteiger partial charge in [-0.05, 0) is 25.7 Å². The summed E-state index contributed by atoms with van der Waals surface area (Å²) in [4.78, 5) is 27.3. The molecule has 2 bridgehead atoms. The Morgan fingerprint density at radius 1 is 1.21 bits per heavy atom. The molecule has 19 heavy (non-hydrogen) atoms. The predicted octanol–water partition coefficient (Wildman–Crippen LogP) is 0.358. The van der Waals surface area contributed by atoms with Crippen molar-refractivity contribution in [2.45, 2.75) is 37.8 Å². The second-order valence-electron chi connectivity index (χ2n) is 5.95. The molecule has 6 nitrogen and oxygen atoms in total. The smallest absolute Gasteiger partial charge is 0.320 e. The first kappa shape index (κ1) is 12.7. The minimum Gasteiger partial charge on any atom is -0.481 e. The molecule has 0 spiro atoms. The van der Waals surface area contributed by atoms with E-state index in [4.69, 9.17) is 5.11 Å². The Kier molecular flexibility index (Phi) is 3.12. The highest BCUT2D eigenvalue weighted by molar-refractivity contribution is 5.79. The molecule has 0 aromatic carbocycles. The zero-order chi connectivity index (χ0) is 13.6. The average molecular weight is 268 g/mol. The molecule has 3 aliphatic rings. The summed E-state index contributed by atoms with van der Waals surface area (Å²) in [7, 11) is 0. The van der Waals surface area contributed by atoms with Gasteiger partial charge in [-0.25, -0.2) is 4.79 Å². The van der Waals surface area contributed by atoms with E-state index < -0.39 is 5.97 Å². The fourth-order valence-electron chi connectivity index (χ4n) is 3.87. The van der Waals surface area contributed by atoms with E-state index in [0.29, 0.717) is 19.5 Å². The summed E-state index contributed by atoms with van der Waals surface area (Å²) in [6, 6.07) is -0.0397. The third kappa shape index (κ3) is 1.98. The van der Waals surface area contributed by atoms with Gasteiger partial charge >= 0.3 is 12.0 Å². The molecule has 3 saturated heterocycles. The van der Waals surface area contributed by atoms with Gasteiger partial charge in [0.1, 0.15) is 0 Å². The number of carbonyl (C=O) groups is 2. The predicted molar refractivity (Wildman–Crippen MR) is 66.6 cm³/mol. The van der Waals surface area contributed by atoms with Crippen LogP contribution in [-0.2, 0) is 4.79 Å². The van der Waals surface area contributed by atoms with Gasteiger partial charge < -0.3 is 20.0 Å². The van der Waals surface area contributed by atoms with Crippen molar-refractivity contribution in [3.8, 4) is 0 Å². The zero-order valence-corrected chi connectivity index (χ0v) is 10.9. The van der Waals surface area contributed by atoms with Crippen molar-refractivity contribution >= 4 is 12.0 Å². The van der Waals surface area contributed by atoms with Crippen LogP contribution in [-0.4, -0.2) is 63.8 Å². The molecule has 3 heterocycles. The van der Waals surface area contributed by atoms with Crippen LogP contribution < -0.4 is 0 Å². The average Bonchev–Trinajstić information content (AvgIpc) is 3.11. The van der Waals surface area contributed by atoms with Gasteiger partial charge in [-0.3, -0.25) is 4.79 Å². The van der Waals surface area contributed by atoms with Gasteiger partial charge in [0, 0.05) is 37.7 Å². The molecule has 2 amide bonds. The van der Waals surface area contributed by atoms with E-state index in [1.165, 1.54) is 0 Å². The van der Waals surface area contributed by atoms with Crippen LogP contribution in [0.4, 0.5) is 4.79 Å². The lowest BCUT2D eigenvalue weighted by Gasteiger charge is -2.28. The molecule has 4 atom stereocenters. The summed E-state index contributed by atoms with van der Waals surface area (Å²) in [5, 5.41) is 18.3. The molecule has 3 fully saturated rings. The normalized spacial score (nSPS) is 37.1. The first-order valence-corrected chi connectivity index (χ1v) is 7.02. The van der Waals surface area contributed by atoms with Crippen molar-refractivity contribution in [3.63, 3.8) is 0 Å². The van der Waals surface area contributed by atoms with Crippen molar-refractivity contribution in [3.05, 3.63) is 0 Å². The number of carboxylic acid groups (broad SMARTS) is 1. The topological polar surface area (TPSA) is 81.1 Å². The van der Waals surface area contributed by atoms with Gasteiger partial charge in [0.15, 0.2) is 0 Å². The number of hydrogen-bond donors (Lipinski definition) is 2. The van der Waals surface area contributed by atoms with Gasteiger partial charge in [-0.2, -0.15) is 0 Å². The van der Waals surface area contributed by atoms with Crippen molar-refractivity contribution in [1.29, 1.82) is 0 Å². The highest BCUT2D eigenvalue weighted by Crippen LogP contribution is 2.42. The Morgan fingerprint density at radius 3 is 2.58 bits per heavy atom. The Labute approximate surface area is 112 Å². The highest BCUT2D eigenvalue weighted by atomic mass is 16.4. The third-order valence-electron chi connectivity index (χ3n) is 4.89. The van der Waals surface area contributed by atoms with Crippen LogP contribution >= 0.6 is 0 Å². The number of likely N-dealkylation sites (tertiary alicyclic amines) is 1. The van der Waals surface area contributed by atoms with Gasteiger partial charge in [0.25, 0.3) is 0 Å². The summed E-state index contributed by atoms with van der Waals surface area (Å²) in [6.07, 6.45) is 3.18. The molecule has 4 unspecified atom stereocenters.